The average molecular weight is 335 g/mol. The molecule has 126 valence electrons. The van der Waals surface area contributed by atoms with E-state index in [0.717, 1.165) is 17.0 Å². The first-order chi connectivity index (χ1) is 12.2. The molecular weight excluding hydrogens is 318 g/mol. The molecule has 0 saturated carbocycles. The molecule has 3 aromatic rings. The molecule has 25 heavy (non-hydrogen) atoms. The summed E-state index contributed by atoms with van der Waals surface area (Å²) in [5.41, 5.74) is 2.53. The molecule has 0 bridgehead atoms. The Balaban J connectivity index is 1.50. The van der Waals surface area contributed by atoms with Crippen LogP contribution in [0.15, 0.2) is 59.1 Å². The number of aromatic nitrogens is 1. The molecule has 0 radical (unpaired) electrons. The van der Waals surface area contributed by atoms with E-state index >= 15 is 0 Å². The topological polar surface area (TPSA) is 76.4 Å². The first kappa shape index (κ1) is 15.3. The maximum absolute atomic E-state index is 11.3. The van der Waals surface area contributed by atoms with Crippen molar-refractivity contribution in [3.05, 3.63) is 60.6 Å². The van der Waals surface area contributed by atoms with E-state index in [1.54, 1.807) is 6.20 Å². The van der Waals surface area contributed by atoms with Gasteiger partial charge in [0, 0.05) is 17.3 Å². The maximum atomic E-state index is 11.3. The van der Waals surface area contributed by atoms with Crippen molar-refractivity contribution >= 4 is 17.3 Å². The van der Waals surface area contributed by atoms with Crippen LogP contribution in [0.2, 0.25) is 0 Å². The molecule has 2 heterocycles. The molecule has 4 rings (SSSR count). The van der Waals surface area contributed by atoms with Gasteiger partial charge in [0.25, 0.3) is 5.91 Å². The molecule has 0 spiro atoms. The monoisotopic (exact) mass is 335 g/mol. The fraction of sp³-hybridized carbons (Fsp3) is 0.158. The van der Waals surface area contributed by atoms with E-state index < -0.39 is 0 Å². The Morgan fingerprint density at radius 1 is 1.20 bits per heavy atom. The number of hydrogen-bond acceptors (Lipinski definition) is 5. The highest BCUT2D eigenvalue weighted by Gasteiger charge is 2.18. The number of carbonyl (C=O) groups is 1. The zero-order valence-electron chi connectivity index (χ0n) is 13.7. The third-order valence-electron chi connectivity index (χ3n) is 3.95. The highest BCUT2D eigenvalue weighted by atomic mass is 16.5. The Hall–Kier alpha value is -3.28. The molecule has 1 atom stereocenters. The summed E-state index contributed by atoms with van der Waals surface area (Å²) < 4.78 is 11.3. The maximum Gasteiger partial charge on any atom is 0.262 e. The Labute approximate surface area is 144 Å². The second-order valence-corrected chi connectivity index (χ2v) is 5.84. The number of amides is 1. The third-order valence-corrected chi connectivity index (χ3v) is 3.95. The minimum absolute atomic E-state index is 0.0339. The summed E-state index contributed by atoms with van der Waals surface area (Å²) in [6.45, 7) is 2.01. The lowest BCUT2D eigenvalue weighted by atomic mass is 10.2. The quantitative estimate of drug-likeness (QED) is 0.757. The van der Waals surface area contributed by atoms with Crippen LogP contribution in [0.5, 0.6) is 5.75 Å². The number of carbonyl (C=O) groups excluding carboxylic acids is 1. The van der Waals surface area contributed by atoms with Crippen LogP contribution in [0.25, 0.3) is 11.3 Å². The van der Waals surface area contributed by atoms with Crippen molar-refractivity contribution in [2.75, 3.05) is 17.2 Å². The van der Waals surface area contributed by atoms with Gasteiger partial charge in [-0.25, -0.2) is 4.98 Å². The van der Waals surface area contributed by atoms with Crippen molar-refractivity contribution in [1.82, 2.24) is 4.98 Å². The van der Waals surface area contributed by atoms with Crippen LogP contribution >= 0.6 is 0 Å². The van der Waals surface area contributed by atoms with Gasteiger partial charge in [0.15, 0.2) is 12.4 Å². The molecule has 1 aliphatic rings. The van der Waals surface area contributed by atoms with Gasteiger partial charge < -0.3 is 19.8 Å². The average Bonchev–Trinajstić information content (AvgIpc) is 3.13. The first-order valence-electron chi connectivity index (χ1n) is 8.03. The summed E-state index contributed by atoms with van der Waals surface area (Å²) >= 11 is 0. The molecule has 6 heteroatoms. The molecule has 1 unspecified atom stereocenters. The third kappa shape index (κ3) is 3.19. The molecule has 2 aromatic carbocycles. The number of fused-ring (bicyclic) bond motifs is 1. The fourth-order valence-corrected chi connectivity index (χ4v) is 2.70. The van der Waals surface area contributed by atoms with E-state index in [9.17, 15) is 4.79 Å². The van der Waals surface area contributed by atoms with Gasteiger partial charge >= 0.3 is 0 Å². The predicted octanol–water partition coefficient (Wildman–Crippen LogP) is 3.85. The van der Waals surface area contributed by atoms with Crippen LogP contribution in [0.3, 0.4) is 0 Å². The molecule has 1 amide bonds. The summed E-state index contributed by atoms with van der Waals surface area (Å²) in [5.74, 6) is 1.84. The molecule has 6 nitrogen and oxygen atoms in total. The van der Waals surface area contributed by atoms with Gasteiger partial charge in [-0.15, -0.1) is 0 Å². The smallest absolute Gasteiger partial charge is 0.262 e. The number of ether oxygens (including phenoxy) is 1. The molecule has 2 N–H and O–H groups in total. The number of nitrogens with zero attached hydrogens (tertiary/aromatic N) is 1. The van der Waals surface area contributed by atoms with Crippen molar-refractivity contribution in [2.45, 2.75) is 13.0 Å². The summed E-state index contributed by atoms with van der Waals surface area (Å²) in [7, 11) is 0. The van der Waals surface area contributed by atoms with Crippen LogP contribution < -0.4 is 15.4 Å². The highest BCUT2D eigenvalue weighted by molar-refractivity contribution is 5.95. The van der Waals surface area contributed by atoms with Crippen LogP contribution in [-0.4, -0.2) is 17.5 Å². The van der Waals surface area contributed by atoms with Gasteiger partial charge in [-0.05, 0) is 19.1 Å². The zero-order valence-corrected chi connectivity index (χ0v) is 13.7. The van der Waals surface area contributed by atoms with Crippen molar-refractivity contribution in [3.8, 4) is 17.1 Å². The van der Waals surface area contributed by atoms with Crippen LogP contribution in [0, 0.1) is 0 Å². The normalized spacial score (nSPS) is 14.2. The van der Waals surface area contributed by atoms with Crippen molar-refractivity contribution in [2.24, 2.45) is 0 Å². The van der Waals surface area contributed by atoms with E-state index in [0.29, 0.717) is 17.3 Å². The summed E-state index contributed by atoms with van der Waals surface area (Å²) in [4.78, 5) is 15.7. The Morgan fingerprint density at radius 2 is 2.04 bits per heavy atom. The Morgan fingerprint density at radius 3 is 2.88 bits per heavy atom. The van der Waals surface area contributed by atoms with E-state index in [1.807, 2.05) is 55.5 Å². The number of rotatable bonds is 4. The number of nitrogens with one attached hydrogen (secondary N) is 2. The van der Waals surface area contributed by atoms with E-state index in [4.69, 9.17) is 9.15 Å². The second kappa shape index (κ2) is 6.32. The molecule has 1 aliphatic heterocycles. The SMILES string of the molecule is CC(Nc1ccc2c(c1)OCC(=O)N2)c1ncc(-c2ccccc2)o1. The molecule has 0 saturated heterocycles. The molecular formula is C19H17N3O3. The Bertz CT molecular complexity index is 905. The summed E-state index contributed by atoms with van der Waals surface area (Å²) in [6.07, 6.45) is 1.73. The fourth-order valence-electron chi connectivity index (χ4n) is 2.70. The van der Waals surface area contributed by atoms with E-state index in [-0.39, 0.29) is 18.6 Å². The lowest BCUT2D eigenvalue weighted by Gasteiger charge is -2.19. The molecule has 0 fully saturated rings. The summed E-state index contributed by atoms with van der Waals surface area (Å²) in [6, 6.07) is 15.3. The number of anilines is 2. The predicted molar refractivity (Wildman–Crippen MR) is 94.5 cm³/mol. The van der Waals surface area contributed by atoms with E-state index in [1.165, 1.54) is 0 Å². The van der Waals surface area contributed by atoms with Gasteiger partial charge in [0.2, 0.25) is 5.89 Å². The van der Waals surface area contributed by atoms with Gasteiger partial charge in [-0.2, -0.15) is 0 Å². The van der Waals surface area contributed by atoms with Crippen molar-refractivity contribution in [3.63, 3.8) is 0 Å². The lowest BCUT2D eigenvalue weighted by molar-refractivity contribution is -0.118. The van der Waals surface area contributed by atoms with Crippen LogP contribution in [0.4, 0.5) is 11.4 Å². The van der Waals surface area contributed by atoms with Crippen LogP contribution in [-0.2, 0) is 4.79 Å². The van der Waals surface area contributed by atoms with Crippen molar-refractivity contribution in [1.29, 1.82) is 0 Å². The van der Waals surface area contributed by atoms with Gasteiger partial charge in [0.1, 0.15) is 11.8 Å². The number of oxazole rings is 1. The summed E-state index contributed by atoms with van der Waals surface area (Å²) in [5, 5.41) is 6.11. The highest BCUT2D eigenvalue weighted by Crippen LogP contribution is 2.32. The van der Waals surface area contributed by atoms with Gasteiger partial charge in [-0.3, -0.25) is 4.79 Å². The standard InChI is InChI=1S/C19H17N3O3/c1-12(19-20-10-17(25-19)13-5-3-2-4-6-13)21-14-7-8-15-16(9-14)24-11-18(23)22-15/h2-10,12,21H,11H2,1H3,(H,22,23). The van der Waals surface area contributed by atoms with E-state index in [2.05, 4.69) is 15.6 Å². The molecule has 0 aliphatic carbocycles. The lowest BCUT2D eigenvalue weighted by Crippen LogP contribution is -2.25. The number of hydrogen-bond donors (Lipinski definition) is 2. The Kier molecular flexibility index (Phi) is 3.85. The van der Waals surface area contributed by atoms with Crippen molar-refractivity contribution < 1.29 is 13.9 Å². The second-order valence-electron chi connectivity index (χ2n) is 5.84. The number of benzene rings is 2. The zero-order chi connectivity index (χ0) is 17.2. The first-order valence-corrected chi connectivity index (χ1v) is 8.03. The van der Waals surface area contributed by atoms with Gasteiger partial charge in [-0.1, -0.05) is 30.3 Å². The largest absolute Gasteiger partial charge is 0.482 e. The minimum atomic E-state index is -0.144. The minimum Gasteiger partial charge on any atom is -0.482 e. The van der Waals surface area contributed by atoms with Gasteiger partial charge in [0.05, 0.1) is 11.9 Å². The molecule has 1 aromatic heterocycles. The van der Waals surface area contributed by atoms with Crippen LogP contribution in [0.1, 0.15) is 18.9 Å².